The van der Waals surface area contributed by atoms with Gasteiger partial charge in [-0.3, -0.25) is 0 Å². The minimum Gasteiger partial charge on any atom is -0.494 e. The molecular formula is C24H28N4O2. The molecule has 3 rings (SSSR count). The number of hydrogen-bond donors (Lipinski definition) is 0. The Labute approximate surface area is 178 Å². The van der Waals surface area contributed by atoms with Gasteiger partial charge in [-0.15, -0.1) is 0 Å². The van der Waals surface area contributed by atoms with Gasteiger partial charge in [-0.1, -0.05) is 31.5 Å². The lowest BCUT2D eigenvalue weighted by atomic mass is 9.84. The zero-order valence-electron chi connectivity index (χ0n) is 17.8. The van der Waals surface area contributed by atoms with Crippen molar-refractivity contribution in [1.82, 2.24) is 14.8 Å². The van der Waals surface area contributed by atoms with Crippen molar-refractivity contribution in [1.29, 1.82) is 5.26 Å². The largest absolute Gasteiger partial charge is 0.494 e. The van der Waals surface area contributed by atoms with Crippen LogP contribution in [0.1, 0.15) is 50.3 Å². The number of aromatic nitrogens is 3. The zero-order chi connectivity index (χ0) is 21.4. The number of unbranched alkanes of at least 4 members (excludes halogenated alkanes) is 1. The minimum absolute atomic E-state index is 0.412. The second-order valence-electron chi connectivity index (χ2n) is 7.83. The van der Waals surface area contributed by atoms with E-state index < -0.39 is 5.41 Å². The lowest BCUT2D eigenvalue weighted by Gasteiger charge is -2.19. The smallest absolute Gasteiger partial charge is 0.137 e. The van der Waals surface area contributed by atoms with Crippen LogP contribution in [0.15, 0.2) is 55.1 Å². The van der Waals surface area contributed by atoms with Crippen molar-refractivity contribution in [2.75, 3.05) is 6.61 Å². The van der Waals surface area contributed by atoms with E-state index in [1.54, 1.807) is 11.0 Å². The number of ether oxygens (including phenoxy) is 2. The average molecular weight is 405 g/mol. The summed E-state index contributed by atoms with van der Waals surface area (Å²) < 4.78 is 13.5. The fraction of sp³-hybridized carbons (Fsp3) is 0.375. The molecule has 0 bridgehead atoms. The number of rotatable bonds is 10. The van der Waals surface area contributed by atoms with Crippen molar-refractivity contribution in [3.63, 3.8) is 0 Å². The molecule has 3 aromatic rings. The van der Waals surface area contributed by atoms with E-state index >= 15 is 0 Å². The number of nitrogens with zero attached hydrogens (tertiary/aromatic N) is 4. The molecule has 0 spiro atoms. The predicted octanol–water partition coefficient (Wildman–Crippen LogP) is 4.89. The summed E-state index contributed by atoms with van der Waals surface area (Å²) in [5.41, 5.74) is 2.43. The van der Waals surface area contributed by atoms with E-state index in [-0.39, 0.29) is 0 Å². The molecule has 0 fully saturated rings. The molecule has 0 radical (unpaired) electrons. The van der Waals surface area contributed by atoms with Crippen LogP contribution in [0.5, 0.6) is 11.5 Å². The molecule has 0 N–H and O–H groups in total. The lowest BCUT2D eigenvalue weighted by molar-refractivity contribution is 0.298. The molecular weight excluding hydrogens is 376 g/mol. The van der Waals surface area contributed by atoms with Gasteiger partial charge < -0.3 is 9.47 Å². The normalized spacial score (nSPS) is 11.1. The quantitative estimate of drug-likeness (QED) is 0.450. The number of nitriles is 1. The summed E-state index contributed by atoms with van der Waals surface area (Å²) >= 11 is 0. The number of hydrogen-bond acceptors (Lipinski definition) is 5. The summed E-state index contributed by atoms with van der Waals surface area (Å²) in [4.78, 5) is 4.00. The van der Waals surface area contributed by atoms with E-state index in [1.165, 1.54) is 6.33 Å². The van der Waals surface area contributed by atoms with E-state index in [1.807, 2.05) is 44.2 Å². The van der Waals surface area contributed by atoms with Crippen molar-refractivity contribution in [3.8, 4) is 17.6 Å². The summed E-state index contributed by atoms with van der Waals surface area (Å²) in [6.07, 6.45) is 5.36. The maximum atomic E-state index is 9.58. The summed E-state index contributed by atoms with van der Waals surface area (Å²) in [6, 6.07) is 16.2. The van der Waals surface area contributed by atoms with E-state index in [4.69, 9.17) is 9.47 Å². The molecule has 0 aliphatic carbocycles. The topological polar surface area (TPSA) is 73.0 Å². The molecule has 0 amide bonds. The highest BCUT2D eigenvalue weighted by molar-refractivity contribution is 5.38. The fourth-order valence-corrected chi connectivity index (χ4v) is 3.00. The standard InChI is InChI=1S/C24H28N4O2/c1-4-5-10-29-22-6-8-23(9-7-22)30-15-20-11-19(14-28-18-26-17-27-28)12-21(13-20)24(2,3)16-25/h6-9,11-13,17-18H,4-5,10,14-15H2,1-3H3. The van der Waals surface area contributed by atoms with Gasteiger partial charge in [0.1, 0.15) is 30.8 Å². The summed E-state index contributed by atoms with van der Waals surface area (Å²) in [5, 5.41) is 13.8. The monoisotopic (exact) mass is 404 g/mol. The maximum absolute atomic E-state index is 9.58. The van der Waals surface area contributed by atoms with Crippen LogP contribution in [0.25, 0.3) is 0 Å². The molecule has 6 nitrogen and oxygen atoms in total. The molecule has 0 unspecified atom stereocenters. The van der Waals surface area contributed by atoms with Gasteiger partial charge in [0.05, 0.1) is 24.6 Å². The maximum Gasteiger partial charge on any atom is 0.137 e. The zero-order valence-corrected chi connectivity index (χ0v) is 17.8. The SMILES string of the molecule is CCCCOc1ccc(OCc2cc(Cn3cncn3)cc(C(C)(C)C#N)c2)cc1. The highest BCUT2D eigenvalue weighted by Crippen LogP contribution is 2.26. The molecule has 156 valence electrons. The molecule has 0 saturated carbocycles. The van der Waals surface area contributed by atoms with E-state index in [0.717, 1.165) is 47.6 Å². The molecule has 1 aromatic heterocycles. The first-order valence-corrected chi connectivity index (χ1v) is 10.2. The van der Waals surface area contributed by atoms with Crippen LogP contribution in [0.2, 0.25) is 0 Å². The van der Waals surface area contributed by atoms with Crippen LogP contribution < -0.4 is 9.47 Å². The van der Waals surface area contributed by atoms with Gasteiger partial charge >= 0.3 is 0 Å². The van der Waals surface area contributed by atoms with Crippen molar-refractivity contribution >= 4 is 0 Å². The van der Waals surface area contributed by atoms with Crippen LogP contribution in [0.3, 0.4) is 0 Å². The lowest BCUT2D eigenvalue weighted by Crippen LogP contribution is -2.15. The van der Waals surface area contributed by atoms with Gasteiger partial charge in [0.15, 0.2) is 0 Å². The third-order valence-corrected chi connectivity index (χ3v) is 4.86. The first kappa shape index (κ1) is 21.4. The van der Waals surface area contributed by atoms with Crippen molar-refractivity contribution < 1.29 is 9.47 Å². The highest BCUT2D eigenvalue weighted by Gasteiger charge is 2.21. The van der Waals surface area contributed by atoms with E-state index in [2.05, 4.69) is 35.2 Å². The Morgan fingerprint density at radius 3 is 2.37 bits per heavy atom. The van der Waals surface area contributed by atoms with E-state index in [9.17, 15) is 5.26 Å². The predicted molar refractivity (Wildman–Crippen MR) is 115 cm³/mol. The molecule has 0 atom stereocenters. The second kappa shape index (κ2) is 9.93. The van der Waals surface area contributed by atoms with Crippen molar-refractivity contribution in [2.45, 2.75) is 52.2 Å². The van der Waals surface area contributed by atoms with Gasteiger partial charge in [0.2, 0.25) is 0 Å². The summed E-state index contributed by atoms with van der Waals surface area (Å²) in [7, 11) is 0. The van der Waals surface area contributed by atoms with Crippen molar-refractivity contribution in [2.24, 2.45) is 0 Å². The molecule has 0 saturated heterocycles. The van der Waals surface area contributed by atoms with Crippen LogP contribution in [-0.2, 0) is 18.6 Å². The highest BCUT2D eigenvalue weighted by atomic mass is 16.5. The summed E-state index contributed by atoms with van der Waals surface area (Å²) in [6.45, 7) is 7.71. The Balaban J connectivity index is 1.72. The Bertz CT molecular complexity index is 973. The Kier molecular flexibility index (Phi) is 7.08. The van der Waals surface area contributed by atoms with Crippen LogP contribution in [-0.4, -0.2) is 21.4 Å². The van der Waals surface area contributed by atoms with Gasteiger partial charge in [0, 0.05) is 0 Å². The average Bonchev–Trinajstić information content (AvgIpc) is 3.26. The third-order valence-electron chi connectivity index (χ3n) is 4.86. The molecule has 1 heterocycles. The summed E-state index contributed by atoms with van der Waals surface area (Å²) in [5.74, 6) is 1.63. The van der Waals surface area contributed by atoms with Crippen LogP contribution in [0.4, 0.5) is 0 Å². The molecule has 30 heavy (non-hydrogen) atoms. The van der Waals surface area contributed by atoms with Crippen LogP contribution >= 0.6 is 0 Å². The third kappa shape index (κ3) is 5.84. The Morgan fingerprint density at radius 1 is 1.03 bits per heavy atom. The van der Waals surface area contributed by atoms with Gasteiger partial charge in [0.25, 0.3) is 0 Å². The fourth-order valence-electron chi connectivity index (χ4n) is 3.00. The van der Waals surface area contributed by atoms with Crippen molar-refractivity contribution in [3.05, 3.63) is 71.8 Å². The van der Waals surface area contributed by atoms with Gasteiger partial charge in [-0.2, -0.15) is 10.4 Å². The first-order chi connectivity index (χ1) is 14.5. The molecule has 0 aliphatic heterocycles. The minimum atomic E-state index is -0.593. The van der Waals surface area contributed by atoms with Crippen LogP contribution in [0, 0.1) is 11.3 Å². The molecule has 0 aliphatic rings. The Hall–Kier alpha value is -3.33. The second-order valence-corrected chi connectivity index (χ2v) is 7.83. The van der Waals surface area contributed by atoms with Gasteiger partial charge in [-0.25, -0.2) is 9.67 Å². The van der Waals surface area contributed by atoms with E-state index in [0.29, 0.717) is 13.2 Å². The van der Waals surface area contributed by atoms with Gasteiger partial charge in [-0.05, 0) is 61.2 Å². The first-order valence-electron chi connectivity index (χ1n) is 10.2. The molecule has 6 heteroatoms. The molecule has 2 aromatic carbocycles. The Morgan fingerprint density at radius 2 is 1.73 bits per heavy atom. The number of benzene rings is 2.